The molecule has 1 heterocycles. The van der Waals surface area contributed by atoms with Crippen LogP contribution in [-0.2, 0) is 0 Å². The van der Waals surface area contributed by atoms with Crippen molar-refractivity contribution in [2.24, 2.45) is 11.8 Å². The fourth-order valence-electron chi connectivity index (χ4n) is 2.10. The molecule has 1 aromatic rings. The predicted octanol–water partition coefficient (Wildman–Crippen LogP) is 3.36. The second-order valence-corrected chi connectivity index (χ2v) is 5.52. The summed E-state index contributed by atoms with van der Waals surface area (Å²) < 4.78 is 0. The van der Waals surface area contributed by atoms with Crippen LogP contribution < -0.4 is 4.90 Å². The van der Waals surface area contributed by atoms with Gasteiger partial charge in [-0.25, -0.2) is 4.98 Å². The highest BCUT2D eigenvalue weighted by Gasteiger charge is 2.29. The largest absolute Gasteiger partial charge is 0.371 e. The third kappa shape index (κ3) is 2.67. The van der Waals surface area contributed by atoms with Crippen molar-refractivity contribution in [2.75, 3.05) is 18.0 Å². The lowest BCUT2D eigenvalue weighted by Gasteiger charge is -2.24. The van der Waals surface area contributed by atoms with Gasteiger partial charge in [0.1, 0.15) is 5.15 Å². The number of halogens is 1. The summed E-state index contributed by atoms with van der Waals surface area (Å²) in [6, 6.07) is 4.07. The average molecular weight is 237 g/mol. The van der Waals surface area contributed by atoms with Gasteiger partial charge in [0, 0.05) is 25.0 Å². The molecule has 0 bridgehead atoms. The monoisotopic (exact) mass is 236 g/mol. The number of pyridine rings is 1. The Labute approximate surface area is 102 Å². The van der Waals surface area contributed by atoms with Crippen LogP contribution in [0.5, 0.6) is 0 Å². The summed E-state index contributed by atoms with van der Waals surface area (Å²) >= 11 is 5.96. The van der Waals surface area contributed by atoms with Gasteiger partial charge in [-0.15, -0.1) is 0 Å². The molecule has 0 spiro atoms. The zero-order chi connectivity index (χ0) is 11.0. The lowest BCUT2D eigenvalue weighted by molar-refractivity contribution is 0.679. The molecule has 3 heteroatoms. The first kappa shape index (κ1) is 10.4. The molecule has 0 atom stereocenters. The van der Waals surface area contributed by atoms with Gasteiger partial charge in [-0.3, -0.25) is 0 Å². The number of hydrogen-bond donors (Lipinski definition) is 0. The molecule has 0 unspecified atom stereocenters. The molecule has 2 saturated carbocycles. The van der Waals surface area contributed by atoms with Gasteiger partial charge in [0.25, 0.3) is 0 Å². The highest BCUT2D eigenvalue weighted by molar-refractivity contribution is 6.29. The Morgan fingerprint density at radius 1 is 1.19 bits per heavy atom. The second-order valence-electron chi connectivity index (χ2n) is 5.13. The lowest BCUT2D eigenvalue weighted by atomic mass is 10.2. The van der Waals surface area contributed by atoms with Crippen LogP contribution in [0.25, 0.3) is 0 Å². The first-order valence-corrected chi connectivity index (χ1v) is 6.55. The first-order valence-electron chi connectivity index (χ1n) is 6.18. The summed E-state index contributed by atoms with van der Waals surface area (Å²) in [4.78, 5) is 6.55. The van der Waals surface area contributed by atoms with Crippen LogP contribution >= 0.6 is 11.6 Å². The fraction of sp³-hybridized carbons (Fsp3) is 0.615. The van der Waals surface area contributed by atoms with Crippen molar-refractivity contribution in [1.29, 1.82) is 0 Å². The number of anilines is 1. The molecule has 2 aliphatic rings. The van der Waals surface area contributed by atoms with E-state index in [1.54, 1.807) is 0 Å². The van der Waals surface area contributed by atoms with Crippen molar-refractivity contribution in [2.45, 2.75) is 25.7 Å². The van der Waals surface area contributed by atoms with E-state index in [9.17, 15) is 0 Å². The molecule has 0 amide bonds. The molecular weight excluding hydrogens is 220 g/mol. The van der Waals surface area contributed by atoms with E-state index in [0.717, 1.165) is 11.8 Å². The number of hydrogen-bond acceptors (Lipinski definition) is 2. The van der Waals surface area contributed by atoms with Gasteiger partial charge < -0.3 is 4.90 Å². The van der Waals surface area contributed by atoms with Crippen LogP contribution in [0.4, 0.5) is 5.69 Å². The zero-order valence-corrected chi connectivity index (χ0v) is 10.2. The smallest absolute Gasteiger partial charge is 0.131 e. The summed E-state index contributed by atoms with van der Waals surface area (Å²) in [6.07, 6.45) is 7.42. The molecule has 2 fully saturated rings. The quantitative estimate of drug-likeness (QED) is 0.729. The van der Waals surface area contributed by atoms with Crippen molar-refractivity contribution in [3.8, 4) is 0 Å². The van der Waals surface area contributed by atoms with E-state index < -0.39 is 0 Å². The number of aromatic nitrogens is 1. The van der Waals surface area contributed by atoms with Crippen LogP contribution in [0, 0.1) is 11.8 Å². The van der Waals surface area contributed by atoms with Crippen LogP contribution in [0.3, 0.4) is 0 Å². The molecule has 0 saturated heterocycles. The Morgan fingerprint density at radius 3 is 2.31 bits per heavy atom. The molecule has 2 nitrogen and oxygen atoms in total. The van der Waals surface area contributed by atoms with Gasteiger partial charge in [0.2, 0.25) is 0 Å². The van der Waals surface area contributed by atoms with Gasteiger partial charge in [0.15, 0.2) is 0 Å². The van der Waals surface area contributed by atoms with Crippen LogP contribution in [-0.4, -0.2) is 18.1 Å². The summed E-state index contributed by atoms with van der Waals surface area (Å²) in [6.45, 7) is 2.41. The molecule has 0 aliphatic heterocycles. The summed E-state index contributed by atoms with van der Waals surface area (Å²) in [5, 5.41) is 0.606. The normalized spacial score (nSPS) is 19.8. The molecule has 0 radical (unpaired) electrons. The average Bonchev–Trinajstić information content (AvgIpc) is 3.11. The highest BCUT2D eigenvalue weighted by Crippen LogP contribution is 2.35. The SMILES string of the molecule is Clc1cc(N(CC2CC2)CC2CC2)ccn1. The highest BCUT2D eigenvalue weighted by atomic mass is 35.5. The van der Waals surface area contributed by atoms with Crippen LogP contribution in [0.2, 0.25) is 5.15 Å². The maximum atomic E-state index is 5.96. The Balaban J connectivity index is 1.73. The standard InChI is InChI=1S/C13H17ClN2/c14-13-7-12(5-6-15-13)16(8-10-1-2-10)9-11-3-4-11/h5-7,10-11H,1-4,8-9H2. The third-order valence-electron chi connectivity index (χ3n) is 3.43. The molecule has 2 aliphatic carbocycles. The van der Waals surface area contributed by atoms with E-state index >= 15 is 0 Å². The van der Waals surface area contributed by atoms with Crippen LogP contribution in [0.1, 0.15) is 25.7 Å². The van der Waals surface area contributed by atoms with E-state index in [1.165, 1.54) is 44.5 Å². The van der Waals surface area contributed by atoms with Crippen molar-refractivity contribution < 1.29 is 0 Å². The Kier molecular flexibility index (Phi) is 2.76. The summed E-state index contributed by atoms with van der Waals surface area (Å²) in [5.41, 5.74) is 1.25. The molecule has 1 aromatic heterocycles. The zero-order valence-electron chi connectivity index (χ0n) is 9.40. The van der Waals surface area contributed by atoms with Crippen LogP contribution in [0.15, 0.2) is 18.3 Å². The van der Waals surface area contributed by atoms with E-state index in [4.69, 9.17) is 11.6 Å². The first-order chi connectivity index (χ1) is 7.81. The third-order valence-corrected chi connectivity index (χ3v) is 3.63. The number of nitrogens with zero attached hydrogens (tertiary/aromatic N) is 2. The minimum atomic E-state index is 0.606. The minimum absolute atomic E-state index is 0.606. The maximum absolute atomic E-state index is 5.96. The minimum Gasteiger partial charge on any atom is -0.371 e. The topological polar surface area (TPSA) is 16.1 Å². The van der Waals surface area contributed by atoms with E-state index in [1.807, 2.05) is 12.3 Å². The molecule has 86 valence electrons. The van der Waals surface area contributed by atoms with Gasteiger partial charge in [-0.05, 0) is 49.7 Å². The van der Waals surface area contributed by atoms with Crippen molar-refractivity contribution in [3.05, 3.63) is 23.5 Å². The molecule has 0 N–H and O–H groups in total. The van der Waals surface area contributed by atoms with E-state index in [0.29, 0.717) is 5.15 Å². The van der Waals surface area contributed by atoms with E-state index in [-0.39, 0.29) is 0 Å². The summed E-state index contributed by atoms with van der Waals surface area (Å²) in [5.74, 6) is 1.84. The van der Waals surface area contributed by atoms with Gasteiger partial charge in [0.05, 0.1) is 0 Å². The second kappa shape index (κ2) is 4.25. The van der Waals surface area contributed by atoms with Gasteiger partial charge >= 0.3 is 0 Å². The maximum Gasteiger partial charge on any atom is 0.131 e. The molecule has 0 aromatic carbocycles. The Bertz CT molecular complexity index is 358. The van der Waals surface area contributed by atoms with Crippen molar-refractivity contribution in [1.82, 2.24) is 4.98 Å². The Hall–Kier alpha value is -0.760. The molecule has 3 rings (SSSR count). The fourth-order valence-corrected chi connectivity index (χ4v) is 2.27. The molecule has 16 heavy (non-hydrogen) atoms. The lowest BCUT2D eigenvalue weighted by Crippen LogP contribution is -2.28. The van der Waals surface area contributed by atoms with Gasteiger partial charge in [-0.1, -0.05) is 11.6 Å². The van der Waals surface area contributed by atoms with E-state index in [2.05, 4.69) is 16.0 Å². The Morgan fingerprint density at radius 2 is 1.81 bits per heavy atom. The van der Waals surface area contributed by atoms with Crippen molar-refractivity contribution in [3.63, 3.8) is 0 Å². The van der Waals surface area contributed by atoms with Gasteiger partial charge in [-0.2, -0.15) is 0 Å². The predicted molar refractivity (Wildman–Crippen MR) is 66.9 cm³/mol. The van der Waals surface area contributed by atoms with Crippen molar-refractivity contribution >= 4 is 17.3 Å². The number of rotatable bonds is 5. The summed E-state index contributed by atoms with van der Waals surface area (Å²) in [7, 11) is 0. The molecular formula is C13H17ClN2.